The Balaban J connectivity index is 2.08. The van der Waals surface area contributed by atoms with Gasteiger partial charge in [0.05, 0.1) is 12.1 Å². The number of likely N-dealkylation sites (tertiary alicyclic amines) is 1. The van der Waals surface area contributed by atoms with Gasteiger partial charge in [0.2, 0.25) is 5.91 Å². The number of guanidine groups is 1. The number of benzene rings is 1. The Hall–Kier alpha value is -2.25. The number of alkyl halides is 3. The molecule has 30 heavy (non-hydrogen) atoms. The number of rotatable bonds is 6. The van der Waals surface area contributed by atoms with E-state index in [1.165, 1.54) is 12.1 Å². The van der Waals surface area contributed by atoms with Crippen LogP contribution < -0.4 is 10.6 Å². The van der Waals surface area contributed by atoms with Crippen molar-refractivity contribution in [2.75, 3.05) is 26.2 Å². The molecule has 1 amide bonds. The van der Waals surface area contributed by atoms with E-state index < -0.39 is 17.2 Å². The third kappa shape index (κ3) is 6.37. The first kappa shape index (κ1) is 24.0. The minimum Gasteiger partial charge on any atom is -0.357 e. The van der Waals surface area contributed by atoms with Crippen LogP contribution in [0, 0.1) is 5.92 Å². The van der Waals surface area contributed by atoms with Crippen LogP contribution in [-0.2, 0) is 16.4 Å². The Morgan fingerprint density at radius 1 is 1.27 bits per heavy atom. The van der Waals surface area contributed by atoms with Crippen molar-refractivity contribution in [1.29, 1.82) is 0 Å². The van der Waals surface area contributed by atoms with Crippen molar-refractivity contribution in [1.82, 2.24) is 15.5 Å². The lowest BCUT2D eigenvalue weighted by molar-refractivity contribution is -0.137. The van der Waals surface area contributed by atoms with Crippen LogP contribution in [-0.4, -0.2) is 49.0 Å². The van der Waals surface area contributed by atoms with Gasteiger partial charge in [-0.3, -0.25) is 9.79 Å². The van der Waals surface area contributed by atoms with Gasteiger partial charge in [0, 0.05) is 37.0 Å². The topological polar surface area (TPSA) is 56.7 Å². The molecule has 2 rings (SSSR count). The molecular formula is C22H33F3N4O. The van der Waals surface area contributed by atoms with E-state index in [4.69, 9.17) is 0 Å². The maximum Gasteiger partial charge on any atom is 0.416 e. The number of hydrogen-bond acceptors (Lipinski definition) is 2. The summed E-state index contributed by atoms with van der Waals surface area (Å²) >= 11 is 0. The van der Waals surface area contributed by atoms with Crippen molar-refractivity contribution in [2.24, 2.45) is 10.9 Å². The molecule has 1 aromatic rings. The summed E-state index contributed by atoms with van der Waals surface area (Å²) in [5.41, 5.74) is -0.631. The molecule has 1 heterocycles. The minimum atomic E-state index is -4.37. The van der Waals surface area contributed by atoms with E-state index in [1.54, 1.807) is 6.07 Å². The van der Waals surface area contributed by atoms with Crippen molar-refractivity contribution in [3.63, 3.8) is 0 Å². The summed E-state index contributed by atoms with van der Waals surface area (Å²) in [5.74, 6) is 0.729. The lowest BCUT2D eigenvalue weighted by atomic mass is 9.84. The molecule has 1 aliphatic rings. The van der Waals surface area contributed by atoms with Crippen molar-refractivity contribution in [3.8, 4) is 0 Å². The Morgan fingerprint density at radius 3 is 2.53 bits per heavy atom. The second-order valence-corrected chi connectivity index (χ2v) is 8.73. The zero-order valence-electron chi connectivity index (χ0n) is 18.4. The Kier molecular flexibility index (Phi) is 7.77. The quantitative estimate of drug-likeness (QED) is 0.538. The highest BCUT2D eigenvalue weighted by Crippen LogP contribution is 2.33. The zero-order chi connectivity index (χ0) is 22.5. The molecule has 1 atom stereocenters. The van der Waals surface area contributed by atoms with E-state index in [9.17, 15) is 18.0 Å². The minimum absolute atomic E-state index is 0.0288. The number of carbonyl (C=O) groups excluding carboxylic acids is 1. The standard InChI is InChI=1S/C22H33F3N4O/c1-6-26-20(28-18-10-11-29(13-18)19(30)15(2)3)27-14-21(4,5)16-8-7-9-17(12-16)22(23,24)25/h7-9,12,15,18H,6,10-11,13-14H2,1-5H3,(H2,26,27,28). The molecule has 8 heteroatoms. The van der Waals surface area contributed by atoms with Crippen LogP contribution in [0.15, 0.2) is 29.3 Å². The summed E-state index contributed by atoms with van der Waals surface area (Å²) in [4.78, 5) is 18.7. The van der Waals surface area contributed by atoms with E-state index in [0.717, 1.165) is 12.5 Å². The largest absolute Gasteiger partial charge is 0.416 e. The molecule has 168 valence electrons. The van der Waals surface area contributed by atoms with Gasteiger partial charge in [0.1, 0.15) is 0 Å². The van der Waals surface area contributed by atoms with E-state index in [0.29, 0.717) is 37.7 Å². The maximum absolute atomic E-state index is 13.1. The Labute approximate surface area is 177 Å². The van der Waals surface area contributed by atoms with Gasteiger partial charge in [-0.1, -0.05) is 45.9 Å². The van der Waals surface area contributed by atoms with Crippen LogP contribution >= 0.6 is 0 Å². The summed E-state index contributed by atoms with van der Waals surface area (Å²) in [6.45, 7) is 11.8. The summed E-state index contributed by atoms with van der Waals surface area (Å²) in [5, 5.41) is 6.56. The molecule has 0 radical (unpaired) electrons. The molecule has 2 N–H and O–H groups in total. The molecule has 0 spiro atoms. The summed E-state index contributed by atoms with van der Waals surface area (Å²) < 4.78 is 39.2. The van der Waals surface area contributed by atoms with E-state index in [2.05, 4.69) is 15.6 Å². The molecule has 0 aliphatic carbocycles. The number of aliphatic imine (C=N–C) groups is 1. The van der Waals surface area contributed by atoms with Gasteiger partial charge in [-0.25, -0.2) is 0 Å². The number of hydrogen-bond donors (Lipinski definition) is 2. The highest BCUT2D eigenvalue weighted by molar-refractivity contribution is 5.81. The SMILES string of the molecule is CCNC(=NCC(C)(C)c1cccc(C(F)(F)F)c1)NC1CCN(C(=O)C(C)C)C1. The first-order valence-corrected chi connectivity index (χ1v) is 10.5. The second kappa shape index (κ2) is 9.71. The van der Waals surface area contributed by atoms with Crippen LogP contribution in [0.3, 0.4) is 0 Å². The average Bonchev–Trinajstić information content (AvgIpc) is 3.13. The smallest absolute Gasteiger partial charge is 0.357 e. The molecule has 1 unspecified atom stereocenters. The van der Waals surface area contributed by atoms with Gasteiger partial charge in [0.25, 0.3) is 0 Å². The van der Waals surface area contributed by atoms with E-state index in [1.807, 2.05) is 39.5 Å². The maximum atomic E-state index is 13.1. The number of carbonyl (C=O) groups is 1. The van der Waals surface area contributed by atoms with E-state index in [-0.39, 0.29) is 17.9 Å². The van der Waals surface area contributed by atoms with Gasteiger partial charge in [0.15, 0.2) is 5.96 Å². The lowest BCUT2D eigenvalue weighted by Crippen LogP contribution is -2.45. The molecule has 0 saturated carbocycles. The Morgan fingerprint density at radius 2 is 1.93 bits per heavy atom. The van der Waals surface area contributed by atoms with Crippen LogP contribution in [0.5, 0.6) is 0 Å². The molecule has 0 bridgehead atoms. The summed E-state index contributed by atoms with van der Waals surface area (Å²) in [6.07, 6.45) is -3.53. The third-order valence-corrected chi connectivity index (χ3v) is 5.28. The van der Waals surface area contributed by atoms with Crippen LogP contribution in [0.1, 0.15) is 52.2 Å². The third-order valence-electron chi connectivity index (χ3n) is 5.28. The first-order valence-electron chi connectivity index (χ1n) is 10.5. The molecule has 1 aliphatic heterocycles. The van der Waals surface area contributed by atoms with Gasteiger partial charge in [-0.15, -0.1) is 0 Å². The number of nitrogens with zero attached hydrogens (tertiary/aromatic N) is 2. The van der Waals surface area contributed by atoms with Gasteiger partial charge >= 0.3 is 6.18 Å². The highest BCUT2D eigenvalue weighted by atomic mass is 19.4. The molecule has 1 aromatic carbocycles. The van der Waals surface area contributed by atoms with Gasteiger partial charge in [-0.2, -0.15) is 13.2 Å². The zero-order valence-corrected chi connectivity index (χ0v) is 18.4. The van der Waals surface area contributed by atoms with E-state index >= 15 is 0 Å². The fourth-order valence-corrected chi connectivity index (χ4v) is 3.44. The van der Waals surface area contributed by atoms with Crippen LogP contribution in [0.25, 0.3) is 0 Å². The summed E-state index contributed by atoms with van der Waals surface area (Å²) in [7, 11) is 0. The Bertz CT molecular complexity index is 759. The average molecular weight is 427 g/mol. The number of amides is 1. The lowest BCUT2D eigenvalue weighted by Gasteiger charge is -2.25. The molecule has 1 fully saturated rings. The first-order chi connectivity index (χ1) is 13.9. The van der Waals surface area contributed by atoms with Crippen LogP contribution in [0.4, 0.5) is 13.2 Å². The molecule has 0 aromatic heterocycles. The van der Waals surface area contributed by atoms with Gasteiger partial charge in [-0.05, 0) is 25.0 Å². The van der Waals surface area contributed by atoms with Crippen molar-refractivity contribution < 1.29 is 18.0 Å². The predicted molar refractivity (Wildman–Crippen MR) is 113 cm³/mol. The fraction of sp³-hybridized carbons (Fsp3) is 0.636. The normalized spacial score (nSPS) is 18.1. The molecular weight excluding hydrogens is 393 g/mol. The van der Waals surface area contributed by atoms with Crippen molar-refractivity contribution in [2.45, 2.75) is 58.7 Å². The fourth-order valence-electron chi connectivity index (χ4n) is 3.44. The summed E-state index contributed by atoms with van der Waals surface area (Å²) in [6, 6.07) is 5.52. The second-order valence-electron chi connectivity index (χ2n) is 8.73. The number of halogens is 3. The van der Waals surface area contributed by atoms with Crippen LogP contribution in [0.2, 0.25) is 0 Å². The predicted octanol–water partition coefficient (Wildman–Crippen LogP) is 3.80. The molecule has 5 nitrogen and oxygen atoms in total. The number of nitrogens with one attached hydrogen (secondary N) is 2. The highest BCUT2D eigenvalue weighted by Gasteiger charge is 2.32. The van der Waals surface area contributed by atoms with Gasteiger partial charge < -0.3 is 15.5 Å². The molecule has 1 saturated heterocycles. The van der Waals surface area contributed by atoms with Crippen molar-refractivity contribution in [3.05, 3.63) is 35.4 Å². The monoisotopic (exact) mass is 426 g/mol. The van der Waals surface area contributed by atoms with Crippen molar-refractivity contribution >= 4 is 11.9 Å².